The van der Waals surface area contributed by atoms with Gasteiger partial charge in [0.15, 0.2) is 12.2 Å². The molecule has 0 amide bonds. The molecule has 0 aliphatic carbocycles. The maximum absolute atomic E-state index is 5.18. The Morgan fingerprint density at radius 2 is 1.71 bits per heavy atom. The Hall–Kier alpha value is -1.77. The lowest BCUT2D eigenvalue weighted by Gasteiger charge is -2.03. The number of nitrogens with zero attached hydrogens (tertiary/aromatic N) is 1. The molecule has 0 aliphatic rings. The predicted molar refractivity (Wildman–Crippen MR) is 71.2 cm³/mol. The highest BCUT2D eigenvalue weighted by molar-refractivity contribution is 5.64. The SMILES string of the molecule is CC.CC.COc1ccccc1-c1cnco1. The van der Waals surface area contributed by atoms with Crippen LogP contribution in [0.3, 0.4) is 0 Å². The molecular weight excluding hydrogens is 214 g/mol. The topological polar surface area (TPSA) is 35.3 Å². The third-order valence-corrected chi connectivity index (χ3v) is 1.80. The van der Waals surface area contributed by atoms with Crippen LogP contribution in [0.2, 0.25) is 0 Å². The van der Waals surface area contributed by atoms with Crippen molar-refractivity contribution in [2.75, 3.05) is 7.11 Å². The summed E-state index contributed by atoms with van der Waals surface area (Å²) in [4.78, 5) is 3.85. The normalized spacial score (nSPS) is 8.29. The van der Waals surface area contributed by atoms with Crippen LogP contribution in [0.15, 0.2) is 41.3 Å². The standard InChI is InChI=1S/C10H9NO2.2C2H6/c1-12-9-5-3-2-4-8(9)10-6-11-7-13-10;2*1-2/h2-7H,1H3;2*1-2H3. The van der Waals surface area contributed by atoms with E-state index in [0.29, 0.717) is 0 Å². The Labute approximate surface area is 103 Å². The monoisotopic (exact) mass is 235 g/mol. The molecule has 2 rings (SSSR count). The molecule has 1 aromatic heterocycles. The second kappa shape index (κ2) is 9.46. The van der Waals surface area contributed by atoms with Gasteiger partial charge in [-0.1, -0.05) is 39.8 Å². The minimum absolute atomic E-state index is 0.720. The van der Waals surface area contributed by atoms with Crippen LogP contribution in [0.1, 0.15) is 27.7 Å². The summed E-state index contributed by atoms with van der Waals surface area (Å²) >= 11 is 0. The highest BCUT2D eigenvalue weighted by Gasteiger charge is 2.06. The molecule has 1 heterocycles. The lowest BCUT2D eigenvalue weighted by atomic mass is 10.1. The molecule has 0 radical (unpaired) electrons. The van der Waals surface area contributed by atoms with Crippen LogP contribution in [-0.2, 0) is 0 Å². The van der Waals surface area contributed by atoms with Gasteiger partial charge in [-0.25, -0.2) is 4.98 Å². The Morgan fingerprint density at radius 1 is 1.06 bits per heavy atom. The van der Waals surface area contributed by atoms with Crippen molar-refractivity contribution in [2.24, 2.45) is 0 Å². The van der Waals surface area contributed by atoms with E-state index in [1.807, 2.05) is 52.0 Å². The summed E-state index contributed by atoms with van der Waals surface area (Å²) in [6.45, 7) is 8.00. The zero-order chi connectivity index (χ0) is 13.1. The maximum Gasteiger partial charge on any atom is 0.181 e. The molecular formula is C14H21NO2. The Bertz CT molecular complexity index is 383. The van der Waals surface area contributed by atoms with Gasteiger partial charge in [0.1, 0.15) is 5.75 Å². The zero-order valence-corrected chi connectivity index (χ0v) is 11.2. The second-order valence-electron chi connectivity index (χ2n) is 2.57. The molecule has 0 spiro atoms. The zero-order valence-electron chi connectivity index (χ0n) is 11.2. The molecule has 17 heavy (non-hydrogen) atoms. The summed E-state index contributed by atoms with van der Waals surface area (Å²) in [6.07, 6.45) is 3.07. The van der Waals surface area contributed by atoms with Crippen molar-refractivity contribution >= 4 is 0 Å². The number of rotatable bonds is 2. The number of methoxy groups -OCH3 is 1. The van der Waals surface area contributed by atoms with Crippen molar-refractivity contribution in [1.29, 1.82) is 0 Å². The average Bonchev–Trinajstić information content (AvgIpc) is 2.97. The third-order valence-electron chi connectivity index (χ3n) is 1.80. The molecule has 94 valence electrons. The van der Waals surface area contributed by atoms with E-state index in [0.717, 1.165) is 17.1 Å². The van der Waals surface area contributed by atoms with E-state index in [9.17, 15) is 0 Å². The number of ether oxygens (including phenoxy) is 1. The molecule has 1 aromatic carbocycles. The molecule has 0 N–H and O–H groups in total. The van der Waals surface area contributed by atoms with Crippen molar-refractivity contribution in [2.45, 2.75) is 27.7 Å². The van der Waals surface area contributed by atoms with Crippen molar-refractivity contribution in [1.82, 2.24) is 4.98 Å². The number of aromatic nitrogens is 1. The lowest BCUT2D eigenvalue weighted by molar-refractivity contribution is 0.414. The van der Waals surface area contributed by atoms with E-state index < -0.39 is 0 Å². The minimum Gasteiger partial charge on any atom is -0.496 e. The van der Waals surface area contributed by atoms with E-state index in [1.54, 1.807) is 13.3 Å². The molecule has 3 nitrogen and oxygen atoms in total. The fourth-order valence-electron chi connectivity index (χ4n) is 1.20. The highest BCUT2D eigenvalue weighted by atomic mass is 16.5. The fraction of sp³-hybridized carbons (Fsp3) is 0.357. The molecule has 0 saturated carbocycles. The van der Waals surface area contributed by atoms with E-state index in [2.05, 4.69) is 4.98 Å². The second-order valence-corrected chi connectivity index (χ2v) is 2.57. The van der Waals surface area contributed by atoms with Crippen LogP contribution in [0.4, 0.5) is 0 Å². The van der Waals surface area contributed by atoms with Gasteiger partial charge in [0.05, 0.1) is 18.9 Å². The Morgan fingerprint density at radius 3 is 2.24 bits per heavy atom. The molecule has 0 fully saturated rings. The van der Waals surface area contributed by atoms with Crippen molar-refractivity contribution in [3.05, 3.63) is 36.9 Å². The van der Waals surface area contributed by atoms with Crippen LogP contribution >= 0.6 is 0 Å². The largest absolute Gasteiger partial charge is 0.496 e. The first-order valence-corrected chi connectivity index (χ1v) is 5.93. The summed E-state index contributed by atoms with van der Waals surface area (Å²) < 4.78 is 10.4. The Balaban J connectivity index is 0.000000581. The summed E-state index contributed by atoms with van der Waals surface area (Å²) in [7, 11) is 1.63. The molecule has 3 heteroatoms. The molecule has 0 aliphatic heterocycles. The maximum atomic E-state index is 5.18. The fourth-order valence-corrected chi connectivity index (χ4v) is 1.20. The quantitative estimate of drug-likeness (QED) is 0.773. The van der Waals surface area contributed by atoms with Crippen LogP contribution in [0.5, 0.6) is 5.75 Å². The molecule has 0 unspecified atom stereocenters. The number of benzene rings is 1. The summed E-state index contributed by atoms with van der Waals surface area (Å²) in [6, 6.07) is 7.66. The van der Waals surface area contributed by atoms with E-state index >= 15 is 0 Å². The molecule has 0 bridgehead atoms. The van der Waals surface area contributed by atoms with Gasteiger partial charge in [-0.05, 0) is 12.1 Å². The lowest BCUT2D eigenvalue weighted by Crippen LogP contribution is -1.85. The first kappa shape index (κ1) is 15.2. The average molecular weight is 235 g/mol. The number of oxazole rings is 1. The van der Waals surface area contributed by atoms with Crippen molar-refractivity contribution < 1.29 is 9.15 Å². The van der Waals surface area contributed by atoms with Crippen LogP contribution in [0.25, 0.3) is 11.3 Å². The summed E-state index contributed by atoms with van der Waals surface area (Å²) in [5.41, 5.74) is 0.919. The van der Waals surface area contributed by atoms with Crippen LogP contribution in [0, 0.1) is 0 Å². The van der Waals surface area contributed by atoms with Crippen molar-refractivity contribution in [3.8, 4) is 17.1 Å². The van der Waals surface area contributed by atoms with Gasteiger partial charge in [0.25, 0.3) is 0 Å². The van der Waals surface area contributed by atoms with Crippen molar-refractivity contribution in [3.63, 3.8) is 0 Å². The summed E-state index contributed by atoms with van der Waals surface area (Å²) in [5, 5.41) is 0. The Kier molecular flexibility index (Phi) is 8.47. The van der Waals surface area contributed by atoms with Gasteiger partial charge in [-0.3, -0.25) is 0 Å². The third kappa shape index (κ3) is 4.31. The van der Waals surface area contributed by atoms with E-state index in [4.69, 9.17) is 9.15 Å². The van der Waals surface area contributed by atoms with Gasteiger partial charge in [-0.2, -0.15) is 0 Å². The van der Waals surface area contributed by atoms with Crippen LogP contribution < -0.4 is 4.74 Å². The van der Waals surface area contributed by atoms with Gasteiger partial charge in [-0.15, -0.1) is 0 Å². The van der Waals surface area contributed by atoms with E-state index in [-0.39, 0.29) is 0 Å². The van der Waals surface area contributed by atoms with Gasteiger partial charge >= 0.3 is 0 Å². The first-order chi connectivity index (χ1) is 8.42. The number of hydrogen-bond acceptors (Lipinski definition) is 3. The minimum atomic E-state index is 0.720. The van der Waals surface area contributed by atoms with Gasteiger partial charge < -0.3 is 9.15 Å². The molecule has 2 aromatic rings. The van der Waals surface area contributed by atoms with Gasteiger partial charge in [0.2, 0.25) is 0 Å². The number of hydrogen-bond donors (Lipinski definition) is 0. The smallest absolute Gasteiger partial charge is 0.181 e. The summed E-state index contributed by atoms with van der Waals surface area (Å²) in [5.74, 6) is 1.51. The predicted octanol–water partition coefficient (Wildman–Crippen LogP) is 4.40. The number of para-hydroxylation sites is 1. The highest BCUT2D eigenvalue weighted by Crippen LogP contribution is 2.28. The molecule has 0 saturated heterocycles. The molecule has 0 atom stereocenters. The van der Waals surface area contributed by atoms with Gasteiger partial charge in [0, 0.05) is 0 Å². The van der Waals surface area contributed by atoms with E-state index in [1.165, 1.54) is 6.39 Å². The first-order valence-electron chi connectivity index (χ1n) is 5.93. The van der Waals surface area contributed by atoms with Crippen LogP contribution in [-0.4, -0.2) is 12.1 Å².